The maximum absolute atomic E-state index is 11.6. The molecule has 3 heterocycles. The zero-order valence-electron chi connectivity index (χ0n) is 10.7. The molecule has 0 aromatic carbocycles. The van der Waals surface area contributed by atoms with Crippen LogP contribution in [0.4, 0.5) is 5.95 Å². The average Bonchev–Trinajstić information content (AvgIpc) is 3.17. The van der Waals surface area contributed by atoms with Gasteiger partial charge in [0.05, 0.1) is 0 Å². The second kappa shape index (κ2) is 5.86. The van der Waals surface area contributed by atoms with Gasteiger partial charge in [0.1, 0.15) is 5.69 Å². The first-order valence-corrected chi connectivity index (χ1v) is 6.03. The second-order valence-electron chi connectivity index (χ2n) is 3.94. The number of pyridine rings is 1. The van der Waals surface area contributed by atoms with E-state index in [2.05, 4.69) is 40.7 Å². The molecule has 3 aromatic rings. The van der Waals surface area contributed by atoms with Crippen LogP contribution in [-0.2, 0) is 6.42 Å². The molecule has 10 nitrogen and oxygen atoms in total. The van der Waals surface area contributed by atoms with Gasteiger partial charge in [0.25, 0.3) is 5.95 Å². The number of aromatic nitrogens is 7. The Balaban J connectivity index is 1.63. The maximum Gasteiger partial charge on any atom is 0.287 e. The molecular formula is C11H9N8O2-. The Morgan fingerprint density at radius 3 is 3.10 bits per heavy atom. The van der Waals surface area contributed by atoms with Crippen molar-refractivity contribution in [1.29, 1.82) is 0 Å². The van der Waals surface area contributed by atoms with Crippen LogP contribution in [-0.4, -0.2) is 41.6 Å². The molecule has 0 aliphatic rings. The predicted octanol–water partition coefficient (Wildman–Crippen LogP) is -0.332. The number of hydrogen-bond donors (Lipinski definition) is 1. The number of aliphatic imine (C=N–C) groups is 1. The molecule has 106 valence electrons. The van der Waals surface area contributed by atoms with E-state index in [1.807, 2.05) is 6.07 Å². The molecule has 1 N–H and O–H groups in total. The first-order valence-electron chi connectivity index (χ1n) is 6.03. The van der Waals surface area contributed by atoms with Gasteiger partial charge in [0, 0.05) is 12.6 Å². The van der Waals surface area contributed by atoms with E-state index >= 15 is 0 Å². The number of aryl methyl sites for hydroxylation is 1. The molecule has 3 rings (SSSR count). The Bertz CT molecular complexity index is 722. The molecule has 0 aliphatic carbocycles. The van der Waals surface area contributed by atoms with Crippen molar-refractivity contribution < 1.29 is 9.63 Å². The smallest absolute Gasteiger partial charge is 0.287 e. The van der Waals surface area contributed by atoms with Gasteiger partial charge in [0.2, 0.25) is 11.7 Å². The highest BCUT2D eigenvalue weighted by Crippen LogP contribution is 2.12. The Labute approximate surface area is 118 Å². The molecule has 0 amide bonds. The highest BCUT2D eigenvalue weighted by Gasteiger charge is 2.08. The summed E-state index contributed by atoms with van der Waals surface area (Å²) in [6, 6.07) is 5.39. The lowest BCUT2D eigenvalue weighted by Crippen LogP contribution is -2.17. The normalized spacial score (nSPS) is 11.7. The molecule has 0 bridgehead atoms. The zero-order valence-corrected chi connectivity index (χ0v) is 10.7. The quantitative estimate of drug-likeness (QED) is 0.496. The van der Waals surface area contributed by atoms with Crippen molar-refractivity contribution in [3.63, 3.8) is 0 Å². The molecule has 0 unspecified atom stereocenters. The summed E-state index contributed by atoms with van der Waals surface area (Å²) < 4.78 is 5.06. The summed E-state index contributed by atoms with van der Waals surface area (Å²) in [4.78, 5) is 11.9. The van der Waals surface area contributed by atoms with E-state index in [1.165, 1.54) is 0 Å². The van der Waals surface area contributed by atoms with Gasteiger partial charge in [-0.2, -0.15) is 10.2 Å². The van der Waals surface area contributed by atoms with Crippen molar-refractivity contribution >= 4 is 11.8 Å². The lowest BCUT2D eigenvalue weighted by atomic mass is 10.3. The van der Waals surface area contributed by atoms with Crippen LogP contribution >= 0.6 is 0 Å². The highest BCUT2D eigenvalue weighted by molar-refractivity contribution is 5.73. The topological polar surface area (TPSA) is 142 Å². The minimum atomic E-state index is -0.394. The summed E-state index contributed by atoms with van der Waals surface area (Å²) in [6.07, 6.45) is 2.02. The van der Waals surface area contributed by atoms with Crippen molar-refractivity contribution in [2.24, 2.45) is 4.99 Å². The largest absolute Gasteiger partial charge is 0.862 e. The fraction of sp³-hybridized carbons (Fsp3) is 0.182. The number of hydrogen-bond acceptors (Lipinski definition) is 9. The summed E-state index contributed by atoms with van der Waals surface area (Å²) >= 11 is 0. The first-order chi connectivity index (χ1) is 10.3. The van der Waals surface area contributed by atoms with Crippen LogP contribution in [0.2, 0.25) is 0 Å². The van der Waals surface area contributed by atoms with Crippen LogP contribution < -0.4 is 5.11 Å². The molecule has 0 saturated carbocycles. The maximum atomic E-state index is 11.6. The monoisotopic (exact) mass is 285 g/mol. The summed E-state index contributed by atoms with van der Waals surface area (Å²) in [5.41, 5.74) is 0.607. The van der Waals surface area contributed by atoms with Crippen molar-refractivity contribution in [2.75, 3.05) is 0 Å². The summed E-state index contributed by atoms with van der Waals surface area (Å²) in [7, 11) is 0. The van der Waals surface area contributed by atoms with Gasteiger partial charge in [-0.1, -0.05) is 16.3 Å². The number of rotatable bonds is 5. The number of aromatic amines is 1. The Morgan fingerprint density at radius 2 is 2.33 bits per heavy atom. The van der Waals surface area contributed by atoms with Crippen LogP contribution in [0.1, 0.15) is 12.3 Å². The summed E-state index contributed by atoms with van der Waals surface area (Å²) in [6.45, 7) is 0. The molecule has 0 saturated heterocycles. The molecule has 10 heteroatoms. The van der Waals surface area contributed by atoms with E-state index in [9.17, 15) is 5.11 Å². The van der Waals surface area contributed by atoms with Gasteiger partial charge in [-0.15, -0.1) is 5.10 Å². The van der Waals surface area contributed by atoms with E-state index in [4.69, 9.17) is 4.52 Å². The lowest BCUT2D eigenvalue weighted by molar-refractivity contribution is -0.218. The van der Waals surface area contributed by atoms with Crippen LogP contribution in [0.25, 0.3) is 11.5 Å². The van der Waals surface area contributed by atoms with Gasteiger partial charge in [-0.05, 0) is 29.7 Å². The molecule has 21 heavy (non-hydrogen) atoms. The van der Waals surface area contributed by atoms with Gasteiger partial charge in [-0.3, -0.25) is 4.98 Å². The SMILES string of the molecule is [O-]C(CCc1nc(-c2ccccn2)no1)=Nc1nn[nH]n1. The molecule has 0 radical (unpaired) electrons. The number of tetrazole rings is 1. The van der Waals surface area contributed by atoms with Crippen LogP contribution in [0.5, 0.6) is 0 Å². The zero-order chi connectivity index (χ0) is 14.5. The molecule has 0 aliphatic heterocycles. The third-order valence-electron chi connectivity index (χ3n) is 2.47. The van der Waals surface area contributed by atoms with E-state index in [1.54, 1.807) is 18.3 Å². The van der Waals surface area contributed by atoms with Crippen LogP contribution in [0, 0.1) is 0 Å². The van der Waals surface area contributed by atoms with E-state index in [0.717, 1.165) is 0 Å². The Kier molecular flexibility index (Phi) is 3.58. The highest BCUT2D eigenvalue weighted by atomic mass is 16.5. The second-order valence-corrected chi connectivity index (χ2v) is 3.94. The van der Waals surface area contributed by atoms with Crippen molar-refractivity contribution in [2.45, 2.75) is 12.8 Å². The van der Waals surface area contributed by atoms with Crippen molar-refractivity contribution in [3.8, 4) is 11.5 Å². The first kappa shape index (κ1) is 12.8. The number of nitrogens with zero attached hydrogens (tertiary/aromatic N) is 7. The predicted molar refractivity (Wildman–Crippen MR) is 67.1 cm³/mol. The number of H-pyrrole nitrogens is 1. The molecule has 0 atom stereocenters. The van der Waals surface area contributed by atoms with Crippen molar-refractivity contribution in [1.82, 2.24) is 35.7 Å². The third kappa shape index (κ3) is 3.23. The van der Waals surface area contributed by atoms with E-state index in [-0.39, 0.29) is 18.8 Å². The van der Waals surface area contributed by atoms with E-state index < -0.39 is 5.90 Å². The Hall–Kier alpha value is -3.17. The molecule has 0 spiro atoms. The Morgan fingerprint density at radius 1 is 1.38 bits per heavy atom. The van der Waals surface area contributed by atoms with Gasteiger partial charge < -0.3 is 9.63 Å². The minimum absolute atomic E-state index is 0.000274. The van der Waals surface area contributed by atoms with Gasteiger partial charge in [0.15, 0.2) is 0 Å². The minimum Gasteiger partial charge on any atom is -0.862 e. The van der Waals surface area contributed by atoms with Crippen molar-refractivity contribution in [3.05, 3.63) is 30.3 Å². The summed E-state index contributed by atoms with van der Waals surface area (Å²) in [5, 5.41) is 28.0. The third-order valence-corrected chi connectivity index (χ3v) is 2.47. The van der Waals surface area contributed by atoms with Crippen LogP contribution in [0.15, 0.2) is 33.9 Å². The standard InChI is InChI=1S/C11H10N8O2/c20-8(13-11-15-18-19-16-11)4-5-9-14-10(17-21-9)7-3-1-2-6-12-7/h1-3,6H,4-5H2,(H2,13,15,16,18,19,20)/p-1. The van der Waals surface area contributed by atoms with E-state index in [0.29, 0.717) is 17.4 Å². The van der Waals surface area contributed by atoms with Gasteiger partial charge >= 0.3 is 0 Å². The molecular weight excluding hydrogens is 276 g/mol. The van der Waals surface area contributed by atoms with Gasteiger partial charge in [-0.25, -0.2) is 4.99 Å². The summed E-state index contributed by atoms with van der Waals surface area (Å²) in [5.74, 6) is 0.328. The lowest BCUT2D eigenvalue weighted by Gasteiger charge is -2.05. The molecule has 3 aromatic heterocycles. The molecule has 0 fully saturated rings. The number of nitrogens with one attached hydrogen (secondary N) is 1. The fourth-order valence-corrected chi connectivity index (χ4v) is 1.54. The van der Waals surface area contributed by atoms with Crippen LogP contribution in [0.3, 0.4) is 0 Å². The fourth-order valence-electron chi connectivity index (χ4n) is 1.54. The average molecular weight is 285 g/mol.